The van der Waals surface area contributed by atoms with Crippen LogP contribution in [0.2, 0.25) is 5.02 Å². The van der Waals surface area contributed by atoms with Gasteiger partial charge in [-0.05, 0) is 18.9 Å². The topological polar surface area (TPSA) is 66.4 Å². The van der Waals surface area contributed by atoms with Gasteiger partial charge in [0.05, 0.1) is 10.9 Å². The van der Waals surface area contributed by atoms with Gasteiger partial charge in [0, 0.05) is 16.6 Å². The third-order valence-corrected chi connectivity index (χ3v) is 4.94. The molecule has 0 fully saturated rings. The molecule has 2 rings (SSSR count). The molecule has 0 bridgehead atoms. The summed E-state index contributed by atoms with van der Waals surface area (Å²) in [6, 6.07) is 7.61. The molecule has 0 saturated carbocycles. The lowest BCUT2D eigenvalue weighted by Crippen LogP contribution is -2.24. The Hall–Kier alpha value is -1.59. The first-order chi connectivity index (χ1) is 10.0. The lowest BCUT2D eigenvalue weighted by Gasteiger charge is -2.06. The van der Waals surface area contributed by atoms with Crippen LogP contribution < -0.4 is 5.32 Å². The fourth-order valence-electron chi connectivity index (χ4n) is 1.97. The summed E-state index contributed by atoms with van der Waals surface area (Å²) in [5.41, 5.74) is 0. The summed E-state index contributed by atoms with van der Waals surface area (Å²) in [6.45, 7) is 2.11. The van der Waals surface area contributed by atoms with Gasteiger partial charge in [-0.1, -0.05) is 36.7 Å². The Morgan fingerprint density at radius 1 is 1.38 bits per heavy atom. The number of fused-ring (bicyclic) bond motifs is 1. The second-order valence-electron chi connectivity index (χ2n) is 4.88. The minimum atomic E-state index is -0.811. The summed E-state index contributed by atoms with van der Waals surface area (Å²) in [4.78, 5) is 23.3. The van der Waals surface area contributed by atoms with Crippen LogP contribution in [0, 0.1) is 5.92 Å². The van der Waals surface area contributed by atoms with Gasteiger partial charge in [-0.3, -0.25) is 9.59 Å². The Morgan fingerprint density at radius 3 is 2.76 bits per heavy atom. The fourth-order valence-corrected chi connectivity index (χ4v) is 3.41. The van der Waals surface area contributed by atoms with Crippen molar-refractivity contribution >= 4 is 44.9 Å². The summed E-state index contributed by atoms with van der Waals surface area (Å²) in [7, 11) is 0. The Balaban J connectivity index is 1.93. The highest BCUT2D eigenvalue weighted by atomic mass is 35.5. The molecule has 0 saturated heterocycles. The molecule has 2 aromatic rings. The van der Waals surface area contributed by atoms with Crippen molar-refractivity contribution in [1.82, 2.24) is 5.32 Å². The highest BCUT2D eigenvalue weighted by Gasteiger charge is 2.16. The van der Waals surface area contributed by atoms with Crippen molar-refractivity contribution in [3.05, 3.63) is 34.2 Å². The highest BCUT2D eigenvalue weighted by Crippen LogP contribution is 2.34. The molecule has 4 nitrogen and oxygen atoms in total. The molecule has 1 atom stereocenters. The van der Waals surface area contributed by atoms with E-state index >= 15 is 0 Å². The molecule has 1 aromatic carbocycles. The van der Waals surface area contributed by atoms with E-state index < -0.39 is 11.9 Å². The largest absolute Gasteiger partial charge is 0.481 e. The molecule has 0 aliphatic heterocycles. The van der Waals surface area contributed by atoms with Crippen molar-refractivity contribution in [2.75, 3.05) is 6.54 Å². The molecule has 21 heavy (non-hydrogen) atoms. The zero-order chi connectivity index (χ0) is 15.4. The van der Waals surface area contributed by atoms with Crippen LogP contribution in [0.5, 0.6) is 0 Å². The first-order valence-corrected chi connectivity index (χ1v) is 7.88. The summed E-state index contributed by atoms with van der Waals surface area (Å²) in [6.07, 6.45) is 1.16. The number of carbonyl (C=O) groups is 2. The van der Waals surface area contributed by atoms with Crippen LogP contribution in [0.25, 0.3) is 10.1 Å². The van der Waals surface area contributed by atoms with Gasteiger partial charge in [-0.15, -0.1) is 11.3 Å². The molecular weight excluding hydrogens is 310 g/mol. The smallest absolute Gasteiger partial charge is 0.306 e. The second-order valence-corrected chi connectivity index (χ2v) is 6.31. The number of hydrogen-bond donors (Lipinski definition) is 2. The first kappa shape index (κ1) is 15.8. The zero-order valence-electron chi connectivity index (χ0n) is 11.6. The van der Waals surface area contributed by atoms with Crippen LogP contribution in [-0.2, 0) is 4.79 Å². The zero-order valence-corrected chi connectivity index (χ0v) is 13.1. The lowest BCUT2D eigenvalue weighted by molar-refractivity contribution is -0.141. The number of thiophene rings is 1. The monoisotopic (exact) mass is 325 g/mol. The van der Waals surface area contributed by atoms with Crippen LogP contribution in [0.1, 0.15) is 29.4 Å². The Bertz CT molecular complexity index is 668. The average molecular weight is 326 g/mol. The lowest BCUT2D eigenvalue weighted by atomic mass is 10.1. The molecule has 6 heteroatoms. The van der Waals surface area contributed by atoms with E-state index in [-0.39, 0.29) is 5.91 Å². The van der Waals surface area contributed by atoms with Crippen LogP contribution in [-0.4, -0.2) is 23.5 Å². The van der Waals surface area contributed by atoms with E-state index in [1.807, 2.05) is 24.3 Å². The predicted octanol–water partition coefficient (Wildman–Crippen LogP) is 3.79. The van der Waals surface area contributed by atoms with Crippen molar-refractivity contribution in [3.63, 3.8) is 0 Å². The fraction of sp³-hybridized carbons (Fsp3) is 0.333. The first-order valence-electron chi connectivity index (χ1n) is 6.68. The van der Waals surface area contributed by atoms with Gasteiger partial charge in [-0.2, -0.15) is 0 Å². The maximum absolute atomic E-state index is 12.1. The normalized spacial score (nSPS) is 12.3. The summed E-state index contributed by atoms with van der Waals surface area (Å²) in [5, 5.41) is 12.9. The van der Waals surface area contributed by atoms with Crippen molar-refractivity contribution in [1.29, 1.82) is 0 Å². The molecule has 1 amide bonds. The standard InChI is InChI=1S/C15H16ClNO3S/c1-9(15(19)20)5-4-8-17-14(18)13-12(16)10-6-2-3-7-11(10)21-13/h2-3,6-7,9H,4-5,8H2,1H3,(H,17,18)(H,19,20). The quantitative estimate of drug-likeness (QED) is 0.794. The van der Waals surface area contributed by atoms with Crippen molar-refractivity contribution < 1.29 is 14.7 Å². The van der Waals surface area contributed by atoms with Crippen molar-refractivity contribution in [2.24, 2.45) is 5.92 Å². The number of amides is 1. The number of benzene rings is 1. The minimum Gasteiger partial charge on any atom is -0.481 e. The van der Waals surface area contributed by atoms with Crippen LogP contribution in [0.15, 0.2) is 24.3 Å². The Labute approximate surface area is 131 Å². The van der Waals surface area contributed by atoms with Crippen molar-refractivity contribution in [2.45, 2.75) is 19.8 Å². The third kappa shape index (κ3) is 3.74. The van der Waals surface area contributed by atoms with E-state index in [4.69, 9.17) is 16.7 Å². The van der Waals surface area contributed by atoms with Crippen molar-refractivity contribution in [3.8, 4) is 0 Å². The number of carboxylic acid groups (broad SMARTS) is 1. The minimum absolute atomic E-state index is 0.204. The van der Waals surface area contributed by atoms with Gasteiger partial charge in [0.2, 0.25) is 0 Å². The predicted molar refractivity (Wildman–Crippen MR) is 85.2 cm³/mol. The maximum atomic E-state index is 12.1. The van der Waals surface area contributed by atoms with Gasteiger partial charge >= 0.3 is 5.97 Å². The van der Waals surface area contributed by atoms with E-state index in [1.165, 1.54) is 11.3 Å². The third-order valence-electron chi connectivity index (χ3n) is 3.26. The highest BCUT2D eigenvalue weighted by molar-refractivity contribution is 7.21. The van der Waals surface area contributed by atoms with E-state index in [9.17, 15) is 9.59 Å². The molecule has 1 aromatic heterocycles. The van der Waals surface area contributed by atoms with Gasteiger partial charge < -0.3 is 10.4 Å². The number of nitrogens with one attached hydrogen (secondary N) is 1. The summed E-state index contributed by atoms with van der Waals surface area (Å²) in [5.74, 6) is -1.41. The summed E-state index contributed by atoms with van der Waals surface area (Å²) < 4.78 is 0.979. The average Bonchev–Trinajstić information content (AvgIpc) is 2.81. The molecular formula is C15H16ClNO3S. The van der Waals surface area contributed by atoms with E-state index in [0.29, 0.717) is 29.3 Å². The number of rotatable bonds is 6. The molecule has 0 spiro atoms. The molecule has 0 radical (unpaired) electrons. The summed E-state index contributed by atoms with van der Waals surface area (Å²) >= 11 is 7.59. The molecule has 1 unspecified atom stereocenters. The molecule has 2 N–H and O–H groups in total. The molecule has 112 valence electrons. The number of halogens is 1. The Morgan fingerprint density at radius 2 is 2.10 bits per heavy atom. The SMILES string of the molecule is CC(CCCNC(=O)c1sc2ccccc2c1Cl)C(=O)O. The van der Waals surface area contributed by atoms with Crippen LogP contribution >= 0.6 is 22.9 Å². The number of aliphatic carboxylic acids is 1. The molecule has 1 heterocycles. The van der Waals surface area contributed by atoms with E-state index in [2.05, 4.69) is 5.32 Å². The van der Waals surface area contributed by atoms with Crippen LogP contribution in [0.4, 0.5) is 0 Å². The van der Waals surface area contributed by atoms with Gasteiger partial charge in [0.15, 0.2) is 0 Å². The van der Waals surface area contributed by atoms with E-state index in [0.717, 1.165) is 10.1 Å². The van der Waals surface area contributed by atoms with Gasteiger partial charge in [0.1, 0.15) is 4.88 Å². The maximum Gasteiger partial charge on any atom is 0.306 e. The number of hydrogen-bond acceptors (Lipinski definition) is 3. The number of carboxylic acids is 1. The van der Waals surface area contributed by atoms with Gasteiger partial charge in [0.25, 0.3) is 5.91 Å². The Kier molecular flexibility index (Phi) is 5.20. The number of carbonyl (C=O) groups excluding carboxylic acids is 1. The molecule has 0 aliphatic carbocycles. The van der Waals surface area contributed by atoms with Crippen LogP contribution in [0.3, 0.4) is 0 Å². The van der Waals surface area contributed by atoms with Gasteiger partial charge in [-0.25, -0.2) is 0 Å². The molecule has 0 aliphatic rings. The second kappa shape index (κ2) is 6.91. The van der Waals surface area contributed by atoms with E-state index in [1.54, 1.807) is 6.92 Å².